The van der Waals surface area contributed by atoms with Crippen molar-refractivity contribution in [3.05, 3.63) is 77.5 Å². The molecule has 1 aromatic heterocycles. The molecule has 26 heavy (non-hydrogen) atoms. The maximum Gasteiger partial charge on any atom is 0.228 e. The van der Waals surface area contributed by atoms with Gasteiger partial charge in [0.2, 0.25) is 5.95 Å². The molecule has 0 unspecified atom stereocenters. The van der Waals surface area contributed by atoms with E-state index in [1.165, 1.54) is 11.1 Å². The van der Waals surface area contributed by atoms with Crippen LogP contribution in [0.2, 0.25) is 0 Å². The van der Waals surface area contributed by atoms with Crippen LogP contribution in [0.25, 0.3) is 0 Å². The Bertz CT molecular complexity index is 859. The molecule has 0 bridgehead atoms. The molecule has 2 aromatic carbocycles. The van der Waals surface area contributed by atoms with E-state index in [2.05, 4.69) is 72.4 Å². The molecular weight excluding hydrogens is 320 g/mol. The van der Waals surface area contributed by atoms with Crippen molar-refractivity contribution in [1.29, 1.82) is 0 Å². The van der Waals surface area contributed by atoms with Gasteiger partial charge in [0.05, 0.1) is 0 Å². The van der Waals surface area contributed by atoms with Crippen LogP contribution < -0.4 is 10.2 Å². The molecule has 0 spiro atoms. The highest BCUT2D eigenvalue weighted by atomic mass is 15.3. The number of hydrogen-bond donors (Lipinski definition) is 1. The van der Waals surface area contributed by atoms with E-state index in [4.69, 9.17) is 4.98 Å². The molecule has 134 valence electrons. The van der Waals surface area contributed by atoms with Gasteiger partial charge in [-0.15, -0.1) is 0 Å². The zero-order valence-electron chi connectivity index (χ0n) is 15.9. The lowest BCUT2D eigenvalue weighted by atomic mass is 10.2. The Morgan fingerprint density at radius 3 is 2.38 bits per heavy atom. The third kappa shape index (κ3) is 4.60. The van der Waals surface area contributed by atoms with Gasteiger partial charge in [-0.2, -0.15) is 4.98 Å². The third-order valence-electron chi connectivity index (χ3n) is 4.21. The number of nitrogens with zero attached hydrogens (tertiary/aromatic N) is 3. The lowest BCUT2D eigenvalue weighted by Gasteiger charge is -2.27. The van der Waals surface area contributed by atoms with Gasteiger partial charge >= 0.3 is 0 Å². The minimum atomic E-state index is 0.295. The summed E-state index contributed by atoms with van der Waals surface area (Å²) in [6.45, 7) is 9.21. The topological polar surface area (TPSA) is 41.1 Å². The number of nitrogens with one attached hydrogen (secondary N) is 1. The lowest BCUT2D eigenvalue weighted by Crippen LogP contribution is -2.32. The van der Waals surface area contributed by atoms with Crippen LogP contribution in [-0.4, -0.2) is 16.0 Å². The molecule has 1 heterocycles. The van der Waals surface area contributed by atoms with Crippen molar-refractivity contribution < 1.29 is 0 Å². The Labute approximate surface area is 155 Å². The van der Waals surface area contributed by atoms with Crippen LogP contribution in [0.4, 0.5) is 17.5 Å². The summed E-state index contributed by atoms with van der Waals surface area (Å²) in [5, 5.41) is 3.41. The second kappa shape index (κ2) is 8.00. The van der Waals surface area contributed by atoms with E-state index in [9.17, 15) is 0 Å². The quantitative estimate of drug-likeness (QED) is 0.661. The largest absolute Gasteiger partial charge is 0.340 e. The number of aromatic nitrogens is 2. The highest BCUT2D eigenvalue weighted by molar-refractivity contribution is 5.58. The monoisotopic (exact) mass is 346 g/mol. The Hall–Kier alpha value is -2.88. The Balaban J connectivity index is 1.89. The molecule has 1 N–H and O–H groups in total. The van der Waals surface area contributed by atoms with Gasteiger partial charge in [-0.05, 0) is 51.0 Å². The van der Waals surface area contributed by atoms with Gasteiger partial charge in [0, 0.05) is 30.0 Å². The van der Waals surface area contributed by atoms with Gasteiger partial charge in [-0.25, -0.2) is 4.98 Å². The fourth-order valence-electron chi connectivity index (χ4n) is 2.88. The molecular formula is C22H26N4. The maximum atomic E-state index is 4.78. The van der Waals surface area contributed by atoms with Gasteiger partial charge in [-0.3, -0.25) is 0 Å². The zero-order chi connectivity index (χ0) is 18.5. The summed E-state index contributed by atoms with van der Waals surface area (Å²) in [6.07, 6.45) is 0. The first-order chi connectivity index (χ1) is 12.5. The van der Waals surface area contributed by atoms with Crippen LogP contribution >= 0.6 is 0 Å². The van der Waals surface area contributed by atoms with Crippen molar-refractivity contribution in [2.45, 2.75) is 40.3 Å². The molecule has 3 aromatic rings. The van der Waals surface area contributed by atoms with Crippen molar-refractivity contribution in [1.82, 2.24) is 9.97 Å². The highest BCUT2D eigenvalue weighted by Crippen LogP contribution is 2.22. The Kier molecular flexibility index (Phi) is 5.52. The molecule has 3 rings (SSSR count). The first-order valence-electron chi connectivity index (χ1n) is 9.01. The van der Waals surface area contributed by atoms with E-state index in [1.807, 2.05) is 31.2 Å². The standard InChI is InChI=1S/C22H26N4/c1-16(2)26(15-19-10-6-5-7-11-19)22-23-18(4)14-21(25-22)24-20-12-8-9-17(3)13-20/h5-14,16H,15H2,1-4H3,(H,23,24,25). The van der Waals surface area contributed by atoms with E-state index in [0.29, 0.717) is 6.04 Å². The smallest absolute Gasteiger partial charge is 0.228 e. The minimum Gasteiger partial charge on any atom is -0.340 e. The van der Waals surface area contributed by atoms with Crippen LogP contribution in [-0.2, 0) is 6.54 Å². The van der Waals surface area contributed by atoms with Gasteiger partial charge in [0.25, 0.3) is 0 Å². The molecule has 0 atom stereocenters. The number of rotatable bonds is 6. The fourth-order valence-corrected chi connectivity index (χ4v) is 2.88. The van der Waals surface area contributed by atoms with Crippen LogP contribution in [0.15, 0.2) is 60.7 Å². The van der Waals surface area contributed by atoms with Crippen molar-refractivity contribution in [3.63, 3.8) is 0 Å². The summed E-state index contributed by atoms with van der Waals surface area (Å²) >= 11 is 0. The Morgan fingerprint density at radius 1 is 0.923 bits per heavy atom. The molecule has 0 fully saturated rings. The predicted octanol–water partition coefficient (Wildman–Crippen LogP) is 5.25. The molecule has 4 heteroatoms. The minimum absolute atomic E-state index is 0.295. The van der Waals surface area contributed by atoms with Gasteiger partial charge in [0.1, 0.15) is 5.82 Å². The Morgan fingerprint density at radius 2 is 1.69 bits per heavy atom. The van der Waals surface area contributed by atoms with Crippen molar-refractivity contribution in [2.24, 2.45) is 0 Å². The van der Waals surface area contributed by atoms with E-state index in [0.717, 1.165) is 29.7 Å². The second-order valence-corrected chi connectivity index (χ2v) is 6.90. The molecule has 0 amide bonds. The highest BCUT2D eigenvalue weighted by Gasteiger charge is 2.15. The molecule has 0 saturated carbocycles. The van der Waals surface area contributed by atoms with Crippen molar-refractivity contribution in [3.8, 4) is 0 Å². The summed E-state index contributed by atoms with van der Waals surface area (Å²) in [4.78, 5) is 11.7. The van der Waals surface area contributed by atoms with Crippen LogP contribution in [0.3, 0.4) is 0 Å². The van der Waals surface area contributed by atoms with Crippen molar-refractivity contribution >= 4 is 17.5 Å². The van der Waals surface area contributed by atoms with E-state index >= 15 is 0 Å². The zero-order valence-corrected chi connectivity index (χ0v) is 15.9. The summed E-state index contributed by atoms with van der Waals surface area (Å²) in [5.41, 5.74) is 4.45. The predicted molar refractivity (Wildman–Crippen MR) is 109 cm³/mol. The molecule has 0 saturated heterocycles. The molecule has 0 aliphatic rings. The van der Waals surface area contributed by atoms with Crippen LogP contribution in [0.1, 0.15) is 30.7 Å². The average Bonchev–Trinajstić information content (AvgIpc) is 2.60. The number of benzene rings is 2. The summed E-state index contributed by atoms with van der Waals surface area (Å²) in [5.74, 6) is 1.57. The molecule has 4 nitrogen and oxygen atoms in total. The lowest BCUT2D eigenvalue weighted by molar-refractivity contribution is 0.659. The number of aryl methyl sites for hydroxylation is 2. The van der Waals surface area contributed by atoms with Gasteiger partial charge < -0.3 is 10.2 Å². The molecule has 0 aliphatic carbocycles. The normalized spacial score (nSPS) is 10.8. The number of hydrogen-bond acceptors (Lipinski definition) is 4. The first-order valence-corrected chi connectivity index (χ1v) is 9.01. The average molecular weight is 346 g/mol. The SMILES string of the molecule is Cc1cccc(Nc2cc(C)nc(N(Cc3ccccc3)C(C)C)n2)c1. The molecule has 0 aliphatic heterocycles. The van der Waals surface area contributed by atoms with E-state index in [-0.39, 0.29) is 0 Å². The summed E-state index contributed by atoms with van der Waals surface area (Å²) in [6, 6.07) is 21.0. The second-order valence-electron chi connectivity index (χ2n) is 6.90. The summed E-state index contributed by atoms with van der Waals surface area (Å²) < 4.78 is 0. The van der Waals surface area contributed by atoms with Crippen molar-refractivity contribution in [2.75, 3.05) is 10.2 Å². The molecule has 0 radical (unpaired) electrons. The third-order valence-corrected chi connectivity index (χ3v) is 4.21. The number of anilines is 3. The maximum absolute atomic E-state index is 4.78. The van der Waals surface area contributed by atoms with Crippen LogP contribution in [0.5, 0.6) is 0 Å². The van der Waals surface area contributed by atoms with Gasteiger partial charge in [-0.1, -0.05) is 42.5 Å². The van der Waals surface area contributed by atoms with E-state index in [1.54, 1.807) is 0 Å². The fraction of sp³-hybridized carbons (Fsp3) is 0.273. The first kappa shape index (κ1) is 17.9. The van der Waals surface area contributed by atoms with Crippen LogP contribution in [0, 0.1) is 13.8 Å². The van der Waals surface area contributed by atoms with Gasteiger partial charge in [0.15, 0.2) is 0 Å². The summed E-state index contributed by atoms with van der Waals surface area (Å²) in [7, 11) is 0. The van der Waals surface area contributed by atoms with E-state index < -0.39 is 0 Å².